The fourth-order valence-electron chi connectivity index (χ4n) is 1.13. The number of thiazole rings is 1. The molecule has 0 saturated heterocycles. The highest BCUT2D eigenvalue weighted by atomic mass is 32.1. The summed E-state index contributed by atoms with van der Waals surface area (Å²) in [5, 5.41) is 0.945. The molecule has 1 rings (SSSR count). The topological polar surface area (TPSA) is 59.2 Å². The van der Waals surface area contributed by atoms with Gasteiger partial charge in [-0.25, -0.2) is 4.98 Å². The normalized spacial score (nSPS) is 12.6. The van der Waals surface area contributed by atoms with Gasteiger partial charge in [0, 0.05) is 26.6 Å². The Morgan fingerprint density at radius 3 is 2.67 bits per heavy atom. The Hall–Kier alpha value is -0.940. The molecule has 1 unspecified atom stereocenters. The van der Waals surface area contributed by atoms with Gasteiger partial charge >= 0.3 is 0 Å². The number of aryl methyl sites for hydroxylation is 1. The Bertz CT molecular complexity index is 360. The van der Waals surface area contributed by atoms with Crippen LogP contribution in [0.1, 0.15) is 33.2 Å². The van der Waals surface area contributed by atoms with Crippen LogP contribution in [0.2, 0.25) is 0 Å². The molecule has 1 aromatic rings. The van der Waals surface area contributed by atoms with Gasteiger partial charge in [-0.1, -0.05) is 6.92 Å². The van der Waals surface area contributed by atoms with Crippen molar-refractivity contribution >= 4 is 17.2 Å². The molecule has 5 heteroatoms. The van der Waals surface area contributed by atoms with Crippen molar-refractivity contribution in [3.63, 3.8) is 0 Å². The van der Waals surface area contributed by atoms with E-state index in [1.807, 2.05) is 13.8 Å². The molecule has 0 aromatic carbocycles. The monoisotopic (exact) mass is 227 g/mol. The van der Waals surface area contributed by atoms with Gasteiger partial charge in [0.25, 0.3) is 5.91 Å². The number of hydrogen-bond donors (Lipinski definition) is 1. The number of nitrogens with two attached hydrogens (primary N) is 1. The predicted molar refractivity (Wildman–Crippen MR) is 62.3 cm³/mol. The van der Waals surface area contributed by atoms with Crippen LogP contribution in [-0.4, -0.2) is 36.4 Å². The summed E-state index contributed by atoms with van der Waals surface area (Å²) in [5.41, 5.74) is 6.37. The fourth-order valence-corrected chi connectivity index (χ4v) is 2.28. The zero-order valence-corrected chi connectivity index (χ0v) is 10.4. The SMILES string of the molecule is Cc1nc(C(C)CN)sc1C(=O)N(C)C. The molecular formula is C10H17N3OS. The summed E-state index contributed by atoms with van der Waals surface area (Å²) in [4.78, 5) is 18.4. The molecule has 0 aliphatic carbocycles. The molecule has 1 aromatic heterocycles. The van der Waals surface area contributed by atoms with Crippen molar-refractivity contribution in [3.8, 4) is 0 Å². The molecule has 0 bridgehead atoms. The summed E-state index contributed by atoms with van der Waals surface area (Å²) >= 11 is 1.45. The van der Waals surface area contributed by atoms with Crippen LogP contribution in [0.25, 0.3) is 0 Å². The number of hydrogen-bond acceptors (Lipinski definition) is 4. The van der Waals surface area contributed by atoms with Gasteiger partial charge in [0.1, 0.15) is 4.88 Å². The first-order valence-corrected chi connectivity index (χ1v) is 5.68. The van der Waals surface area contributed by atoms with Gasteiger partial charge in [0.05, 0.1) is 10.7 Å². The molecule has 0 radical (unpaired) electrons. The highest BCUT2D eigenvalue weighted by Crippen LogP contribution is 2.24. The molecule has 0 aliphatic heterocycles. The van der Waals surface area contributed by atoms with E-state index in [4.69, 9.17) is 5.73 Å². The fraction of sp³-hybridized carbons (Fsp3) is 0.600. The third-order valence-electron chi connectivity index (χ3n) is 2.19. The van der Waals surface area contributed by atoms with Gasteiger partial charge in [-0.3, -0.25) is 4.79 Å². The van der Waals surface area contributed by atoms with Crippen LogP contribution in [-0.2, 0) is 0 Å². The third kappa shape index (κ3) is 2.54. The van der Waals surface area contributed by atoms with Gasteiger partial charge in [-0.15, -0.1) is 11.3 Å². The van der Waals surface area contributed by atoms with E-state index < -0.39 is 0 Å². The lowest BCUT2D eigenvalue weighted by atomic mass is 10.2. The smallest absolute Gasteiger partial charge is 0.265 e. The van der Waals surface area contributed by atoms with E-state index in [9.17, 15) is 4.79 Å². The van der Waals surface area contributed by atoms with Crippen molar-refractivity contribution in [3.05, 3.63) is 15.6 Å². The molecule has 4 nitrogen and oxygen atoms in total. The first kappa shape index (κ1) is 12.1. The van der Waals surface area contributed by atoms with Crippen molar-refractivity contribution < 1.29 is 4.79 Å². The molecule has 1 amide bonds. The van der Waals surface area contributed by atoms with Crippen molar-refractivity contribution in [1.82, 2.24) is 9.88 Å². The maximum absolute atomic E-state index is 11.8. The zero-order chi connectivity index (χ0) is 11.6. The van der Waals surface area contributed by atoms with Crippen LogP contribution < -0.4 is 5.73 Å². The minimum absolute atomic E-state index is 0.0143. The minimum atomic E-state index is 0.0143. The summed E-state index contributed by atoms with van der Waals surface area (Å²) in [6, 6.07) is 0. The number of carbonyl (C=O) groups is 1. The van der Waals surface area contributed by atoms with Gasteiger partial charge in [-0.05, 0) is 6.92 Å². The van der Waals surface area contributed by atoms with E-state index >= 15 is 0 Å². The molecule has 84 valence electrons. The van der Waals surface area contributed by atoms with Gasteiger partial charge < -0.3 is 10.6 Å². The lowest BCUT2D eigenvalue weighted by molar-refractivity contribution is 0.0831. The van der Waals surface area contributed by atoms with Crippen molar-refractivity contribution in [1.29, 1.82) is 0 Å². The molecule has 2 N–H and O–H groups in total. The maximum Gasteiger partial charge on any atom is 0.265 e. The molecule has 0 aliphatic rings. The van der Waals surface area contributed by atoms with E-state index in [-0.39, 0.29) is 11.8 Å². The lowest BCUT2D eigenvalue weighted by Gasteiger charge is -2.08. The van der Waals surface area contributed by atoms with E-state index in [0.29, 0.717) is 6.54 Å². The molecule has 0 fully saturated rings. The van der Waals surface area contributed by atoms with Gasteiger partial charge in [0.15, 0.2) is 0 Å². The first-order chi connectivity index (χ1) is 6.97. The second-order valence-corrected chi connectivity index (χ2v) is 4.83. The van der Waals surface area contributed by atoms with Crippen LogP contribution in [0.3, 0.4) is 0 Å². The van der Waals surface area contributed by atoms with Crippen LogP contribution >= 0.6 is 11.3 Å². The zero-order valence-electron chi connectivity index (χ0n) is 9.57. The highest BCUT2D eigenvalue weighted by Gasteiger charge is 2.18. The summed E-state index contributed by atoms with van der Waals surface area (Å²) < 4.78 is 0. The number of amides is 1. The van der Waals surface area contributed by atoms with Crippen molar-refractivity contribution in [2.75, 3.05) is 20.6 Å². The van der Waals surface area contributed by atoms with Crippen LogP contribution in [0, 0.1) is 6.92 Å². The maximum atomic E-state index is 11.8. The summed E-state index contributed by atoms with van der Waals surface area (Å²) in [5.74, 6) is 0.234. The number of rotatable bonds is 3. The largest absolute Gasteiger partial charge is 0.344 e. The summed E-state index contributed by atoms with van der Waals surface area (Å²) in [7, 11) is 3.49. The molecule has 1 atom stereocenters. The number of aromatic nitrogens is 1. The first-order valence-electron chi connectivity index (χ1n) is 4.86. The van der Waals surface area contributed by atoms with Crippen molar-refractivity contribution in [2.45, 2.75) is 19.8 Å². The van der Waals surface area contributed by atoms with E-state index in [1.165, 1.54) is 11.3 Å². The van der Waals surface area contributed by atoms with E-state index in [2.05, 4.69) is 4.98 Å². The second kappa shape index (κ2) is 4.72. The molecule has 15 heavy (non-hydrogen) atoms. The molecule has 0 spiro atoms. The third-order valence-corrected chi connectivity index (χ3v) is 3.57. The Labute approximate surface area is 94.1 Å². The summed E-state index contributed by atoms with van der Waals surface area (Å²) in [6.07, 6.45) is 0. The predicted octanol–water partition coefficient (Wildman–Crippen LogP) is 1.22. The van der Waals surface area contributed by atoms with E-state index in [0.717, 1.165) is 15.6 Å². The highest BCUT2D eigenvalue weighted by molar-refractivity contribution is 7.13. The number of nitrogens with zero attached hydrogens (tertiary/aromatic N) is 2. The quantitative estimate of drug-likeness (QED) is 0.844. The lowest BCUT2D eigenvalue weighted by Crippen LogP contribution is -2.21. The van der Waals surface area contributed by atoms with Crippen molar-refractivity contribution in [2.24, 2.45) is 5.73 Å². The Balaban J connectivity index is 3.01. The second-order valence-electron chi connectivity index (χ2n) is 3.80. The van der Waals surface area contributed by atoms with Crippen LogP contribution in [0.4, 0.5) is 0 Å². The molecule has 0 saturated carbocycles. The van der Waals surface area contributed by atoms with Gasteiger partial charge in [0.2, 0.25) is 0 Å². The average molecular weight is 227 g/mol. The van der Waals surface area contributed by atoms with Gasteiger partial charge in [-0.2, -0.15) is 0 Å². The van der Waals surface area contributed by atoms with Crippen LogP contribution in [0.15, 0.2) is 0 Å². The Morgan fingerprint density at radius 2 is 2.20 bits per heavy atom. The van der Waals surface area contributed by atoms with Crippen LogP contribution in [0.5, 0.6) is 0 Å². The Morgan fingerprint density at radius 1 is 1.60 bits per heavy atom. The van der Waals surface area contributed by atoms with E-state index in [1.54, 1.807) is 19.0 Å². The minimum Gasteiger partial charge on any atom is -0.344 e. The average Bonchev–Trinajstić information content (AvgIpc) is 2.57. The standard InChI is InChI=1S/C10H17N3OS/c1-6(5-11)9-12-7(2)8(15-9)10(14)13(3)4/h6H,5,11H2,1-4H3. The summed E-state index contributed by atoms with van der Waals surface area (Å²) in [6.45, 7) is 4.44. The number of carbonyl (C=O) groups excluding carboxylic acids is 1. The molecular weight excluding hydrogens is 210 g/mol. The Kier molecular flexibility index (Phi) is 3.82. The molecule has 1 heterocycles.